The molecule has 2 saturated carbocycles. The Morgan fingerprint density at radius 2 is 1.94 bits per heavy atom. The van der Waals surface area contributed by atoms with Gasteiger partial charge < -0.3 is 4.90 Å². The van der Waals surface area contributed by atoms with Crippen LogP contribution in [0.15, 0.2) is 0 Å². The molecule has 1 amide bonds. The van der Waals surface area contributed by atoms with Crippen molar-refractivity contribution in [1.29, 1.82) is 0 Å². The van der Waals surface area contributed by atoms with Crippen LogP contribution in [-0.2, 0) is 4.79 Å². The summed E-state index contributed by atoms with van der Waals surface area (Å²) in [6.45, 7) is 3.90. The summed E-state index contributed by atoms with van der Waals surface area (Å²) in [5.41, 5.74) is 0. The number of carbonyl (C=O) groups is 1. The monoisotopic (exact) mass is 287 g/mol. The number of hydrogen-bond donors (Lipinski definition) is 0. The molecule has 2 rings (SSSR count). The van der Waals surface area contributed by atoms with Crippen LogP contribution >= 0.6 is 15.9 Å². The van der Waals surface area contributed by atoms with Gasteiger partial charge in [0.25, 0.3) is 0 Å². The van der Waals surface area contributed by atoms with Crippen LogP contribution in [0.4, 0.5) is 0 Å². The van der Waals surface area contributed by atoms with E-state index in [1.807, 2.05) is 0 Å². The number of nitrogens with zero attached hydrogens (tertiary/aromatic N) is 1. The quantitative estimate of drug-likeness (QED) is 0.712. The second kappa shape index (κ2) is 5.52. The highest BCUT2D eigenvalue weighted by Gasteiger charge is 2.55. The Balaban J connectivity index is 1.86. The van der Waals surface area contributed by atoms with E-state index >= 15 is 0 Å². The Morgan fingerprint density at radius 3 is 2.44 bits per heavy atom. The Bertz CT molecular complexity index is 244. The summed E-state index contributed by atoms with van der Waals surface area (Å²) in [4.78, 5) is 14.4. The molecule has 0 aromatic carbocycles. The molecule has 2 unspecified atom stereocenters. The van der Waals surface area contributed by atoms with Crippen molar-refractivity contribution in [2.24, 2.45) is 17.8 Å². The fraction of sp³-hybridized carbons (Fsp3) is 0.923. The molecule has 2 aliphatic carbocycles. The first-order valence-corrected chi connectivity index (χ1v) is 7.76. The topological polar surface area (TPSA) is 20.3 Å². The molecule has 0 bridgehead atoms. The van der Waals surface area contributed by atoms with E-state index in [0.717, 1.165) is 36.7 Å². The number of rotatable bonds is 5. The summed E-state index contributed by atoms with van der Waals surface area (Å²) in [5.74, 6) is 2.34. The molecular formula is C13H22BrNO. The zero-order valence-electron chi connectivity index (χ0n) is 10.1. The molecule has 16 heavy (non-hydrogen) atoms. The van der Waals surface area contributed by atoms with Crippen molar-refractivity contribution >= 4 is 21.8 Å². The van der Waals surface area contributed by atoms with Crippen molar-refractivity contribution in [3.8, 4) is 0 Å². The van der Waals surface area contributed by atoms with E-state index in [2.05, 4.69) is 27.8 Å². The fourth-order valence-electron chi connectivity index (χ4n) is 3.24. The van der Waals surface area contributed by atoms with E-state index in [9.17, 15) is 4.79 Å². The summed E-state index contributed by atoms with van der Waals surface area (Å²) in [6, 6.07) is 0. The van der Waals surface area contributed by atoms with Crippen molar-refractivity contribution in [2.45, 2.75) is 39.0 Å². The highest BCUT2D eigenvalue weighted by Crippen LogP contribution is 2.56. The Labute approximate surface area is 107 Å². The lowest BCUT2D eigenvalue weighted by Gasteiger charge is -2.20. The number of fused-ring (bicyclic) bond motifs is 1. The first-order chi connectivity index (χ1) is 7.79. The molecule has 2 fully saturated rings. The van der Waals surface area contributed by atoms with Crippen LogP contribution in [0.5, 0.6) is 0 Å². The lowest BCUT2D eigenvalue weighted by Crippen LogP contribution is -2.33. The van der Waals surface area contributed by atoms with Crippen LogP contribution in [0.25, 0.3) is 0 Å². The van der Waals surface area contributed by atoms with Crippen molar-refractivity contribution in [1.82, 2.24) is 4.90 Å². The standard InChI is InChI=1S/C13H22BrNO/c1-2-15(9-5-8-14)13(16)12-10-6-3-4-7-11(10)12/h10-12H,2-9H2,1H3. The third-order valence-corrected chi connectivity index (χ3v) is 4.76. The van der Waals surface area contributed by atoms with Crippen molar-refractivity contribution in [3.05, 3.63) is 0 Å². The summed E-state index contributed by atoms with van der Waals surface area (Å²) in [6.07, 6.45) is 6.37. The third kappa shape index (κ3) is 2.44. The first kappa shape index (κ1) is 12.4. The molecule has 3 heteroatoms. The second-order valence-corrected chi connectivity index (χ2v) is 5.89. The molecule has 2 aliphatic rings. The van der Waals surface area contributed by atoms with Gasteiger partial charge in [-0.3, -0.25) is 4.79 Å². The van der Waals surface area contributed by atoms with Gasteiger partial charge in [-0.1, -0.05) is 28.8 Å². The van der Waals surface area contributed by atoms with Crippen LogP contribution in [0.3, 0.4) is 0 Å². The second-order valence-electron chi connectivity index (χ2n) is 5.10. The first-order valence-electron chi connectivity index (χ1n) is 6.64. The van der Waals surface area contributed by atoms with Gasteiger partial charge in [0.2, 0.25) is 5.91 Å². The SMILES string of the molecule is CCN(CCCBr)C(=O)C1C2CCCCC21. The van der Waals surface area contributed by atoms with Gasteiger partial charge in [-0.25, -0.2) is 0 Å². The molecule has 0 aromatic rings. The largest absolute Gasteiger partial charge is 0.343 e. The number of halogens is 1. The average molecular weight is 288 g/mol. The molecular weight excluding hydrogens is 266 g/mol. The number of hydrogen-bond acceptors (Lipinski definition) is 1. The van der Waals surface area contributed by atoms with Gasteiger partial charge in [0.1, 0.15) is 0 Å². The van der Waals surface area contributed by atoms with Crippen LogP contribution in [0.1, 0.15) is 39.0 Å². The lowest BCUT2D eigenvalue weighted by atomic mass is 10.0. The predicted octanol–water partition coefficient (Wildman–Crippen LogP) is 3.06. The minimum Gasteiger partial charge on any atom is -0.343 e. The molecule has 2 nitrogen and oxygen atoms in total. The molecule has 0 radical (unpaired) electrons. The number of alkyl halides is 1. The van der Waals surface area contributed by atoms with Gasteiger partial charge in [-0.2, -0.15) is 0 Å². The van der Waals surface area contributed by atoms with E-state index < -0.39 is 0 Å². The molecule has 0 aromatic heterocycles. The molecule has 0 N–H and O–H groups in total. The normalized spacial score (nSPS) is 32.0. The maximum absolute atomic E-state index is 12.3. The van der Waals surface area contributed by atoms with Crippen LogP contribution in [0, 0.1) is 17.8 Å². The maximum Gasteiger partial charge on any atom is 0.226 e. The lowest BCUT2D eigenvalue weighted by molar-refractivity contribution is -0.133. The number of carbonyl (C=O) groups excluding carboxylic acids is 1. The van der Waals surface area contributed by atoms with Crippen LogP contribution in [-0.4, -0.2) is 29.2 Å². The van der Waals surface area contributed by atoms with Crippen molar-refractivity contribution in [2.75, 3.05) is 18.4 Å². The third-order valence-electron chi connectivity index (χ3n) is 4.20. The molecule has 0 aliphatic heterocycles. The van der Waals surface area contributed by atoms with Gasteiger partial charge in [0.15, 0.2) is 0 Å². The van der Waals surface area contributed by atoms with Gasteiger partial charge in [0.05, 0.1) is 0 Å². The summed E-state index contributed by atoms with van der Waals surface area (Å²) >= 11 is 3.43. The summed E-state index contributed by atoms with van der Waals surface area (Å²) in [5, 5.41) is 0.994. The van der Waals surface area contributed by atoms with Gasteiger partial charge in [-0.15, -0.1) is 0 Å². The minimum atomic E-state index is 0.401. The maximum atomic E-state index is 12.3. The van der Waals surface area contributed by atoms with Gasteiger partial charge in [-0.05, 0) is 38.0 Å². The van der Waals surface area contributed by atoms with E-state index in [1.54, 1.807) is 0 Å². The van der Waals surface area contributed by atoms with E-state index in [0.29, 0.717) is 11.8 Å². The Hall–Kier alpha value is -0.0500. The Kier molecular flexibility index (Phi) is 4.28. The van der Waals surface area contributed by atoms with Gasteiger partial charge >= 0.3 is 0 Å². The van der Waals surface area contributed by atoms with Crippen molar-refractivity contribution in [3.63, 3.8) is 0 Å². The van der Waals surface area contributed by atoms with E-state index in [4.69, 9.17) is 0 Å². The Morgan fingerprint density at radius 1 is 1.31 bits per heavy atom. The van der Waals surface area contributed by atoms with Crippen molar-refractivity contribution < 1.29 is 4.79 Å². The highest BCUT2D eigenvalue weighted by molar-refractivity contribution is 9.09. The van der Waals surface area contributed by atoms with Gasteiger partial charge in [0, 0.05) is 24.3 Å². The molecule has 0 spiro atoms. The number of amides is 1. The zero-order valence-corrected chi connectivity index (χ0v) is 11.7. The van der Waals surface area contributed by atoms with E-state index in [-0.39, 0.29) is 0 Å². The van der Waals surface area contributed by atoms with Crippen LogP contribution in [0.2, 0.25) is 0 Å². The van der Waals surface area contributed by atoms with E-state index in [1.165, 1.54) is 25.7 Å². The smallest absolute Gasteiger partial charge is 0.226 e. The summed E-state index contributed by atoms with van der Waals surface area (Å²) < 4.78 is 0. The molecule has 0 saturated heterocycles. The van der Waals surface area contributed by atoms with Crippen LogP contribution < -0.4 is 0 Å². The molecule has 2 atom stereocenters. The molecule has 0 heterocycles. The fourth-order valence-corrected chi connectivity index (χ4v) is 3.49. The summed E-state index contributed by atoms with van der Waals surface area (Å²) in [7, 11) is 0. The highest BCUT2D eigenvalue weighted by atomic mass is 79.9. The molecule has 92 valence electrons. The predicted molar refractivity (Wildman–Crippen MR) is 69.6 cm³/mol. The average Bonchev–Trinajstić information content (AvgIpc) is 3.03. The zero-order chi connectivity index (χ0) is 11.5. The minimum absolute atomic E-state index is 0.401.